The van der Waals surface area contributed by atoms with Crippen LogP contribution in [0.25, 0.3) is 0 Å². The molecular formula is C25H28N2O3S. The fourth-order valence-electron chi connectivity index (χ4n) is 3.47. The molecule has 0 aliphatic heterocycles. The van der Waals surface area contributed by atoms with Gasteiger partial charge in [0.15, 0.2) is 0 Å². The van der Waals surface area contributed by atoms with Crippen molar-refractivity contribution in [2.24, 2.45) is 0 Å². The van der Waals surface area contributed by atoms with Gasteiger partial charge in [0.25, 0.3) is 15.9 Å². The third kappa shape index (κ3) is 4.97. The summed E-state index contributed by atoms with van der Waals surface area (Å²) in [6.45, 7) is 5.95. The molecule has 3 aromatic carbocycles. The van der Waals surface area contributed by atoms with Crippen molar-refractivity contribution < 1.29 is 13.2 Å². The van der Waals surface area contributed by atoms with Crippen molar-refractivity contribution in [3.8, 4) is 0 Å². The highest BCUT2D eigenvalue weighted by atomic mass is 32.2. The number of hydrogen-bond acceptors (Lipinski definition) is 3. The Hall–Kier alpha value is -3.12. The Morgan fingerprint density at radius 2 is 1.65 bits per heavy atom. The van der Waals surface area contributed by atoms with E-state index in [2.05, 4.69) is 5.32 Å². The smallest absolute Gasteiger partial charge is 0.264 e. The van der Waals surface area contributed by atoms with Crippen LogP contribution in [0.1, 0.15) is 46.4 Å². The molecule has 6 heteroatoms. The Bertz CT molecular complexity index is 1170. The van der Waals surface area contributed by atoms with E-state index < -0.39 is 10.0 Å². The molecule has 1 amide bonds. The molecule has 1 N–H and O–H groups in total. The van der Waals surface area contributed by atoms with Crippen molar-refractivity contribution in [2.75, 3.05) is 11.4 Å². The van der Waals surface area contributed by atoms with Crippen LogP contribution in [0.2, 0.25) is 0 Å². The summed E-state index contributed by atoms with van der Waals surface area (Å²) in [5.41, 5.74) is 4.02. The Kier molecular flexibility index (Phi) is 6.81. The Labute approximate surface area is 184 Å². The highest BCUT2D eigenvalue weighted by molar-refractivity contribution is 7.92. The summed E-state index contributed by atoms with van der Waals surface area (Å²) in [5, 5.41) is 3.08. The second-order valence-electron chi connectivity index (χ2n) is 7.63. The van der Waals surface area contributed by atoms with E-state index >= 15 is 0 Å². The zero-order valence-corrected chi connectivity index (χ0v) is 19.1. The summed E-state index contributed by atoms with van der Waals surface area (Å²) in [4.78, 5) is 13.2. The molecule has 0 aromatic heterocycles. The summed E-state index contributed by atoms with van der Waals surface area (Å²) < 4.78 is 27.2. The van der Waals surface area contributed by atoms with E-state index in [1.807, 2.05) is 45.0 Å². The SMILES string of the molecule is CC[C@@H](NC(=O)c1cccc(N(C)S(=O)(=O)c2ccc(C)cc2)c1)c1ccccc1C. The van der Waals surface area contributed by atoms with Crippen molar-refractivity contribution in [3.05, 3.63) is 95.1 Å². The minimum absolute atomic E-state index is 0.119. The number of amides is 1. The first-order chi connectivity index (χ1) is 14.7. The van der Waals surface area contributed by atoms with E-state index in [1.165, 1.54) is 11.4 Å². The normalized spacial score (nSPS) is 12.3. The lowest BCUT2D eigenvalue weighted by Gasteiger charge is -2.22. The van der Waals surface area contributed by atoms with E-state index in [0.29, 0.717) is 11.3 Å². The highest BCUT2D eigenvalue weighted by Gasteiger charge is 2.22. The van der Waals surface area contributed by atoms with Gasteiger partial charge < -0.3 is 5.32 Å². The van der Waals surface area contributed by atoms with Gasteiger partial charge in [-0.2, -0.15) is 0 Å². The number of nitrogens with one attached hydrogen (secondary N) is 1. The predicted molar refractivity (Wildman–Crippen MR) is 125 cm³/mol. The molecule has 0 fully saturated rings. The second kappa shape index (κ2) is 9.35. The van der Waals surface area contributed by atoms with Crippen LogP contribution in [0.3, 0.4) is 0 Å². The zero-order chi connectivity index (χ0) is 22.6. The van der Waals surface area contributed by atoms with Gasteiger partial charge in [0.1, 0.15) is 0 Å². The molecular weight excluding hydrogens is 408 g/mol. The summed E-state index contributed by atoms with van der Waals surface area (Å²) in [6, 6.07) is 21.2. The fourth-order valence-corrected chi connectivity index (χ4v) is 4.66. The lowest BCUT2D eigenvalue weighted by Crippen LogP contribution is -2.29. The van der Waals surface area contributed by atoms with Crippen LogP contribution in [0.15, 0.2) is 77.7 Å². The third-order valence-electron chi connectivity index (χ3n) is 5.43. The van der Waals surface area contributed by atoms with Crippen LogP contribution >= 0.6 is 0 Å². The highest BCUT2D eigenvalue weighted by Crippen LogP contribution is 2.25. The van der Waals surface area contributed by atoms with E-state index in [9.17, 15) is 13.2 Å². The Morgan fingerprint density at radius 1 is 0.968 bits per heavy atom. The van der Waals surface area contributed by atoms with Crippen LogP contribution in [0, 0.1) is 13.8 Å². The van der Waals surface area contributed by atoms with Crippen LogP contribution in [0.4, 0.5) is 5.69 Å². The van der Waals surface area contributed by atoms with Gasteiger partial charge in [-0.3, -0.25) is 9.10 Å². The van der Waals surface area contributed by atoms with E-state index in [4.69, 9.17) is 0 Å². The van der Waals surface area contributed by atoms with E-state index in [1.54, 1.807) is 48.5 Å². The van der Waals surface area contributed by atoms with Crippen LogP contribution < -0.4 is 9.62 Å². The monoisotopic (exact) mass is 436 g/mol. The second-order valence-corrected chi connectivity index (χ2v) is 9.60. The molecule has 5 nitrogen and oxygen atoms in total. The molecule has 162 valence electrons. The minimum Gasteiger partial charge on any atom is -0.345 e. The molecule has 3 rings (SSSR count). The van der Waals surface area contributed by atoms with Gasteiger partial charge in [0.05, 0.1) is 16.6 Å². The molecule has 3 aromatic rings. The molecule has 0 saturated carbocycles. The molecule has 0 aliphatic carbocycles. The van der Waals surface area contributed by atoms with Gasteiger partial charge in [-0.1, -0.05) is 55.0 Å². The molecule has 1 atom stereocenters. The van der Waals surface area contributed by atoms with Gasteiger partial charge in [-0.25, -0.2) is 8.42 Å². The Morgan fingerprint density at radius 3 is 2.29 bits per heavy atom. The maximum absolute atomic E-state index is 13.0. The van der Waals surface area contributed by atoms with E-state index in [-0.39, 0.29) is 16.8 Å². The van der Waals surface area contributed by atoms with Gasteiger partial charge in [-0.05, 0) is 61.7 Å². The van der Waals surface area contributed by atoms with Gasteiger partial charge in [0.2, 0.25) is 0 Å². The quantitative estimate of drug-likeness (QED) is 0.566. The number of anilines is 1. The van der Waals surface area contributed by atoms with Crippen molar-refractivity contribution in [3.63, 3.8) is 0 Å². The Balaban J connectivity index is 1.84. The zero-order valence-electron chi connectivity index (χ0n) is 18.3. The first-order valence-electron chi connectivity index (χ1n) is 10.3. The molecule has 0 bridgehead atoms. The molecule has 0 radical (unpaired) electrons. The number of aryl methyl sites for hydroxylation is 2. The first kappa shape index (κ1) is 22.6. The molecule has 0 unspecified atom stereocenters. The van der Waals surface area contributed by atoms with Gasteiger partial charge in [-0.15, -0.1) is 0 Å². The summed E-state index contributed by atoms with van der Waals surface area (Å²) in [6.07, 6.45) is 0.748. The lowest BCUT2D eigenvalue weighted by molar-refractivity contribution is 0.0935. The molecule has 31 heavy (non-hydrogen) atoms. The largest absolute Gasteiger partial charge is 0.345 e. The number of sulfonamides is 1. The van der Waals surface area contributed by atoms with Crippen molar-refractivity contribution in [1.82, 2.24) is 5.32 Å². The number of hydrogen-bond donors (Lipinski definition) is 1. The predicted octanol–water partition coefficient (Wildman–Crippen LogP) is 5.01. The van der Waals surface area contributed by atoms with E-state index in [0.717, 1.165) is 23.1 Å². The average molecular weight is 437 g/mol. The molecule has 0 spiro atoms. The maximum Gasteiger partial charge on any atom is 0.264 e. The van der Waals surface area contributed by atoms with Crippen molar-refractivity contribution in [2.45, 2.75) is 38.1 Å². The van der Waals surface area contributed by atoms with Gasteiger partial charge >= 0.3 is 0 Å². The molecule has 0 aliphatic rings. The van der Waals surface area contributed by atoms with Gasteiger partial charge in [0, 0.05) is 12.6 Å². The van der Waals surface area contributed by atoms with Crippen LogP contribution in [-0.2, 0) is 10.0 Å². The number of benzene rings is 3. The summed E-state index contributed by atoms with van der Waals surface area (Å²) in [7, 11) is -2.23. The number of carbonyl (C=O) groups excluding carboxylic acids is 1. The van der Waals surface area contributed by atoms with Crippen molar-refractivity contribution in [1.29, 1.82) is 0 Å². The molecule has 0 heterocycles. The number of nitrogens with zero attached hydrogens (tertiary/aromatic N) is 1. The lowest BCUT2D eigenvalue weighted by atomic mass is 9.99. The standard InChI is InChI=1S/C25H28N2O3S/c1-5-24(23-12-7-6-9-19(23)3)26-25(28)20-10-8-11-21(17-20)27(4)31(29,30)22-15-13-18(2)14-16-22/h6-17,24H,5H2,1-4H3,(H,26,28)/t24-/m1/s1. The number of rotatable bonds is 7. The summed E-state index contributed by atoms with van der Waals surface area (Å²) >= 11 is 0. The summed E-state index contributed by atoms with van der Waals surface area (Å²) in [5.74, 6) is -0.238. The van der Waals surface area contributed by atoms with Crippen molar-refractivity contribution >= 4 is 21.6 Å². The fraction of sp³-hybridized carbons (Fsp3) is 0.240. The first-order valence-corrected chi connectivity index (χ1v) is 11.7. The minimum atomic E-state index is -3.73. The third-order valence-corrected chi connectivity index (χ3v) is 7.23. The maximum atomic E-state index is 13.0. The molecule has 0 saturated heterocycles. The topological polar surface area (TPSA) is 66.5 Å². The number of carbonyl (C=O) groups is 1. The average Bonchev–Trinajstić information content (AvgIpc) is 2.77. The van der Waals surface area contributed by atoms with Crippen LogP contribution in [-0.4, -0.2) is 21.4 Å². The van der Waals surface area contributed by atoms with Crippen LogP contribution in [0.5, 0.6) is 0 Å².